The molecule has 0 aromatic heterocycles. The summed E-state index contributed by atoms with van der Waals surface area (Å²) in [5.74, 6) is 0.733. The number of hydrogen-bond donors (Lipinski definition) is 3. The van der Waals surface area contributed by atoms with Crippen molar-refractivity contribution in [1.29, 1.82) is 0 Å². The second-order valence-corrected chi connectivity index (χ2v) is 11.8. The van der Waals surface area contributed by atoms with Crippen LogP contribution in [0, 0.1) is 16.7 Å². The number of benzene rings is 1. The van der Waals surface area contributed by atoms with Crippen LogP contribution in [0.1, 0.15) is 65.5 Å². The number of ether oxygens (including phenoxy) is 2. The van der Waals surface area contributed by atoms with E-state index in [0.29, 0.717) is 11.8 Å². The van der Waals surface area contributed by atoms with Gasteiger partial charge in [-0.15, -0.1) is 0 Å². The predicted molar refractivity (Wildman–Crippen MR) is 116 cm³/mol. The molecule has 5 heteroatoms. The zero-order valence-electron chi connectivity index (χ0n) is 19.4. The Bertz CT molecular complexity index is 905. The smallest absolute Gasteiger partial charge is 0.165 e. The molecule has 1 aromatic rings. The van der Waals surface area contributed by atoms with Gasteiger partial charge in [0.15, 0.2) is 11.5 Å². The Labute approximate surface area is 180 Å². The van der Waals surface area contributed by atoms with Gasteiger partial charge in [0.25, 0.3) is 0 Å². The Morgan fingerprint density at radius 2 is 1.90 bits per heavy atom. The summed E-state index contributed by atoms with van der Waals surface area (Å²) in [6, 6.07) is 4.15. The van der Waals surface area contributed by atoms with Gasteiger partial charge in [-0.05, 0) is 62.1 Å². The van der Waals surface area contributed by atoms with Gasteiger partial charge in [-0.1, -0.05) is 33.8 Å². The van der Waals surface area contributed by atoms with Crippen LogP contribution in [0.3, 0.4) is 0 Å². The first-order chi connectivity index (χ1) is 13.8. The topological polar surface area (TPSA) is 71.0 Å². The van der Waals surface area contributed by atoms with Crippen LogP contribution in [0.5, 0.6) is 11.5 Å². The Morgan fingerprint density at radius 3 is 2.53 bits per heavy atom. The standard InChI is InChI=1S/C25H37NO4/c1-21(2,3)24(6,28)16-13-22(4)17-12-14-8-9-15(27)19-18(14)25(22,10-11-26-17)20(30-19)23(16,5)29-7/h8-9,16-17,20,26-28H,10-13H2,1-7H3/t16-,17+,20-,22+,23+,24-,25-/m0/s1. The number of piperidine rings is 1. The van der Waals surface area contributed by atoms with Crippen molar-refractivity contribution >= 4 is 0 Å². The highest BCUT2D eigenvalue weighted by Gasteiger charge is 2.76. The minimum absolute atomic E-state index is 0.111. The van der Waals surface area contributed by atoms with E-state index in [4.69, 9.17) is 9.47 Å². The molecule has 2 bridgehead atoms. The second-order valence-electron chi connectivity index (χ2n) is 11.8. The maximum absolute atomic E-state index is 11.9. The van der Waals surface area contributed by atoms with Gasteiger partial charge in [-0.25, -0.2) is 0 Å². The quantitative estimate of drug-likeness (QED) is 0.689. The van der Waals surface area contributed by atoms with Crippen molar-refractivity contribution < 1.29 is 19.7 Å². The first kappa shape index (κ1) is 20.6. The van der Waals surface area contributed by atoms with Crippen molar-refractivity contribution in [3.8, 4) is 11.5 Å². The number of methoxy groups -OCH3 is 1. The number of aliphatic hydroxyl groups is 1. The number of nitrogens with one attached hydrogen (secondary N) is 1. The molecule has 1 spiro atoms. The van der Waals surface area contributed by atoms with Crippen LogP contribution in [0.2, 0.25) is 0 Å². The summed E-state index contributed by atoms with van der Waals surface area (Å²) in [6.45, 7) is 13.7. The zero-order chi connectivity index (χ0) is 21.9. The first-order valence-corrected chi connectivity index (χ1v) is 11.4. The molecular weight excluding hydrogens is 378 g/mol. The molecule has 2 aliphatic heterocycles. The highest BCUT2D eigenvalue weighted by atomic mass is 16.6. The molecular formula is C25H37NO4. The van der Waals surface area contributed by atoms with Crippen LogP contribution in [0.4, 0.5) is 0 Å². The average molecular weight is 416 g/mol. The fourth-order valence-electron chi connectivity index (χ4n) is 7.63. The van der Waals surface area contributed by atoms with E-state index in [2.05, 4.69) is 46.0 Å². The van der Waals surface area contributed by atoms with Crippen molar-refractivity contribution in [3.05, 3.63) is 23.3 Å². The highest BCUT2D eigenvalue weighted by Crippen LogP contribution is 2.72. The summed E-state index contributed by atoms with van der Waals surface area (Å²) in [5.41, 5.74) is 0.146. The van der Waals surface area contributed by atoms with E-state index in [1.807, 2.05) is 6.92 Å². The second kappa shape index (κ2) is 5.73. The highest BCUT2D eigenvalue weighted by molar-refractivity contribution is 5.62. The molecule has 0 amide bonds. The lowest BCUT2D eigenvalue weighted by Gasteiger charge is -2.69. The summed E-state index contributed by atoms with van der Waals surface area (Å²) in [4.78, 5) is 0. The van der Waals surface area contributed by atoms with Gasteiger partial charge in [0.05, 0.1) is 5.60 Å². The van der Waals surface area contributed by atoms with Gasteiger partial charge >= 0.3 is 0 Å². The summed E-state index contributed by atoms with van der Waals surface area (Å²) in [6.07, 6.45) is 2.44. The number of aromatic hydroxyl groups is 1. The molecule has 2 fully saturated rings. The summed E-state index contributed by atoms with van der Waals surface area (Å²) in [7, 11) is 1.75. The van der Waals surface area contributed by atoms with Crippen molar-refractivity contribution in [2.75, 3.05) is 13.7 Å². The third-order valence-electron chi connectivity index (χ3n) is 9.95. The molecule has 5 nitrogen and oxygen atoms in total. The molecule has 30 heavy (non-hydrogen) atoms. The maximum Gasteiger partial charge on any atom is 0.165 e. The molecule has 7 atom stereocenters. The van der Waals surface area contributed by atoms with Gasteiger partial charge in [0.1, 0.15) is 11.7 Å². The molecule has 4 aliphatic rings. The third kappa shape index (κ3) is 2.05. The Kier molecular flexibility index (Phi) is 3.93. The monoisotopic (exact) mass is 415 g/mol. The fraction of sp³-hybridized carbons (Fsp3) is 0.760. The minimum Gasteiger partial charge on any atom is -0.504 e. The van der Waals surface area contributed by atoms with E-state index >= 15 is 0 Å². The molecule has 3 N–H and O–H groups in total. The van der Waals surface area contributed by atoms with E-state index in [1.54, 1.807) is 13.2 Å². The zero-order valence-corrected chi connectivity index (χ0v) is 19.4. The number of rotatable bonds is 2. The summed E-state index contributed by atoms with van der Waals surface area (Å²) in [5, 5.41) is 26.5. The Morgan fingerprint density at radius 1 is 1.20 bits per heavy atom. The molecule has 0 unspecified atom stereocenters. The fourth-order valence-corrected chi connectivity index (χ4v) is 7.63. The molecule has 5 rings (SSSR count). The van der Waals surface area contributed by atoms with E-state index in [0.717, 1.165) is 25.8 Å². The van der Waals surface area contributed by atoms with Gasteiger partial charge in [-0.3, -0.25) is 0 Å². The van der Waals surface area contributed by atoms with Gasteiger partial charge in [0.2, 0.25) is 0 Å². The minimum atomic E-state index is -0.961. The molecule has 2 heterocycles. The van der Waals surface area contributed by atoms with Crippen LogP contribution in [-0.2, 0) is 16.6 Å². The van der Waals surface area contributed by atoms with E-state index in [-0.39, 0.29) is 34.0 Å². The third-order valence-corrected chi connectivity index (χ3v) is 9.95. The average Bonchev–Trinajstić information content (AvgIpc) is 3.01. The van der Waals surface area contributed by atoms with E-state index in [9.17, 15) is 10.2 Å². The SMILES string of the molecule is CO[C@]1(C)[C@@H]([C@](C)(O)C(C)(C)C)C[C@]2(C)[C@H]3Cc4ccc(O)c5c4[C@@]2(CCN3)[C@H]1O5. The lowest BCUT2D eigenvalue weighted by Crippen LogP contribution is -2.78. The van der Waals surface area contributed by atoms with E-state index in [1.165, 1.54) is 11.1 Å². The van der Waals surface area contributed by atoms with Crippen molar-refractivity contribution in [3.63, 3.8) is 0 Å². The molecule has 1 saturated carbocycles. The first-order valence-electron chi connectivity index (χ1n) is 11.4. The van der Waals surface area contributed by atoms with E-state index < -0.39 is 11.2 Å². The lowest BCUT2D eigenvalue weighted by atomic mass is 9.39. The van der Waals surface area contributed by atoms with Crippen LogP contribution in [0.25, 0.3) is 0 Å². The lowest BCUT2D eigenvalue weighted by molar-refractivity contribution is -0.261. The van der Waals surface area contributed by atoms with Crippen molar-refractivity contribution in [2.45, 2.75) is 89.6 Å². The van der Waals surface area contributed by atoms with Crippen LogP contribution in [-0.4, -0.2) is 47.2 Å². The van der Waals surface area contributed by atoms with Gasteiger partial charge < -0.3 is 25.0 Å². The van der Waals surface area contributed by atoms with Crippen LogP contribution < -0.4 is 10.1 Å². The predicted octanol–water partition coefficient (Wildman–Crippen LogP) is 3.54. The molecule has 0 radical (unpaired) electrons. The number of phenols is 1. The largest absolute Gasteiger partial charge is 0.504 e. The maximum atomic E-state index is 11.9. The molecule has 1 aromatic carbocycles. The van der Waals surface area contributed by atoms with Gasteiger partial charge in [-0.2, -0.15) is 0 Å². The summed E-state index contributed by atoms with van der Waals surface area (Å²) < 4.78 is 13.0. The molecule has 2 aliphatic carbocycles. The normalized spacial score (nSPS) is 43.5. The Balaban J connectivity index is 1.80. The van der Waals surface area contributed by atoms with Crippen molar-refractivity contribution in [1.82, 2.24) is 5.32 Å². The number of hydrogen-bond acceptors (Lipinski definition) is 5. The van der Waals surface area contributed by atoms with Gasteiger partial charge in [0, 0.05) is 30.0 Å². The molecule has 1 saturated heterocycles. The Hall–Kier alpha value is -1.30. The van der Waals surface area contributed by atoms with Crippen LogP contribution >= 0.6 is 0 Å². The van der Waals surface area contributed by atoms with Crippen LogP contribution in [0.15, 0.2) is 12.1 Å². The molecule has 166 valence electrons. The summed E-state index contributed by atoms with van der Waals surface area (Å²) >= 11 is 0. The number of phenolic OH excluding ortho intramolecular Hbond substituents is 1. The van der Waals surface area contributed by atoms with Crippen molar-refractivity contribution in [2.24, 2.45) is 16.7 Å².